The van der Waals surface area contributed by atoms with E-state index in [1.807, 2.05) is 34.6 Å². The number of carbonyl (C=O) groups excluding carboxylic acids is 1. The molecule has 1 fully saturated rings. The van der Waals surface area contributed by atoms with E-state index in [9.17, 15) is 13.6 Å². The number of rotatable bonds is 8. The molecule has 2 aromatic rings. The van der Waals surface area contributed by atoms with E-state index in [1.165, 1.54) is 17.0 Å². The summed E-state index contributed by atoms with van der Waals surface area (Å²) in [6, 6.07) is 7.38. The first-order valence-corrected chi connectivity index (χ1v) is 10.3. The Morgan fingerprint density at radius 2 is 1.88 bits per heavy atom. The molecule has 2 heterocycles. The second-order valence-corrected chi connectivity index (χ2v) is 8.50. The highest BCUT2D eigenvalue weighted by molar-refractivity contribution is 5.89. The quantitative estimate of drug-likeness (QED) is 0.619. The zero-order valence-corrected chi connectivity index (χ0v) is 18.7. The molecule has 0 radical (unpaired) electrons. The van der Waals surface area contributed by atoms with E-state index in [0.717, 1.165) is 5.56 Å². The maximum Gasteiger partial charge on any atom is 0.416 e. The van der Waals surface area contributed by atoms with E-state index in [4.69, 9.17) is 9.47 Å². The minimum Gasteiger partial charge on any atom is -0.447 e. The van der Waals surface area contributed by atoms with Crippen LogP contribution in [0, 0.1) is 0 Å². The van der Waals surface area contributed by atoms with Gasteiger partial charge in [-0.1, -0.05) is 12.1 Å². The third kappa shape index (κ3) is 6.03. The van der Waals surface area contributed by atoms with E-state index in [1.54, 1.807) is 24.4 Å². The lowest BCUT2D eigenvalue weighted by Crippen LogP contribution is -2.45. The van der Waals surface area contributed by atoms with Crippen LogP contribution in [0.3, 0.4) is 0 Å². The summed E-state index contributed by atoms with van der Waals surface area (Å²) in [5.74, 6) is 0.789. The van der Waals surface area contributed by atoms with E-state index in [-0.39, 0.29) is 36.1 Å². The van der Waals surface area contributed by atoms with Gasteiger partial charge in [0.25, 0.3) is 0 Å². The molecular weight excluding hydrogens is 422 g/mol. The van der Waals surface area contributed by atoms with Crippen LogP contribution in [0.25, 0.3) is 0 Å². The van der Waals surface area contributed by atoms with Crippen molar-refractivity contribution in [2.24, 2.45) is 0 Å². The second kappa shape index (κ2) is 9.64. The average molecular weight is 450 g/mol. The standard InChI is InChI=1S/C22H28F2N4O4/c1-13(15-6-8-16(9-7-15)31-19(23)24)26-20-25-11-10-18(27-20)28-17(12-30-21(28)29)14(2)32-22(3,4)5/h6-11,13-14,17,19H,12H2,1-5H3,(H,25,26,27)/t13-,14+,17?/m0/s1. The highest BCUT2D eigenvalue weighted by atomic mass is 19.3. The molecule has 1 aliphatic rings. The summed E-state index contributed by atoms with van der Waals surface area (Å²) in [7, 11) is 0. The number of benzene rings is 1. The van der Waals surface area contributed by atoms with Gasteiger partial charge < -0.3 is 19.5 Å². The average Bonchev–Trinajstić information content (AvgIpc) is 3.08. The fourth-order valence-electron chi connectivity index (χ4n) is 3.45. The molecule has 174 valence electrons. The summed E-state index contributed by atoms with van der Waals surface area (Å²) in [6.07, 6.45) is 0.780. The maximum atomic E-state index is 12.4. The minimum atomic E-state index is -2.87. The van der Waals surface area contributed by atoms with Gasteiger partial charge in [-0.05, 0) is 58.4 Å². The highest BCUT2D eigenvalue weighted by Crippen LogP contribution is 2.28. The molecule has 0 spiro atoms. The number of alkyl halides is 2. The Balaban J connectivity index is 1.73. The van der Waals surface area contributed by atoms with Gasteiger partial charge in [-0.2, -0.15) is 13.8 Å². The highest BCUT2D eigenvalue weighted by Gasteiger charge is 2.40. The van der Waals surface area contributed by atoms with Gasteiger partial charge in [0.1, 0.15) is 24.2 Å². The van der Waals surface area contributed by atoms with Crippen LogP contribution in [-0.2, 0) is 9.47 Å². The van der Waals surface area contributed by atoms with E-state index < -0.39 is 12.7 Å². The normalized spacial score (nSPS) is 18.4. The van der Waals surface area contributed by atoms with Crippen molar-refractivity contribution < 1.29 is 27.8 Å². The summed E-state index contributed by atoms with van der Waals surface area (Å²) in [5, 5.41) is 3.16. The zero-order chi connectivity index (χ0) is 23.5. The van der Waals surface area contributed by atoms with Crippen molar-refractivity contribution in [2.75, 3.05) is 16.8 Å². The molecular formula is C22H28F2N4O4. The molecule has 1 amide bonds. The van der Waals surface area contributed by atoms with Gasteiger partial charge in [-0.15, -0.1) is 0 Å². The van der Waals surface area contributed by atoms with Gasteiger partial charge in [0.15, 0.2) is 0 Å². The van der Waals surface area contributed by atoms with Gasteiger partial charge in [-0.3, -0.25) is 4.90 Å². The Labute approximate surface area is 185 Å². The molecule has 1 unspecified atom stereocenters. The smallest absolute Gasteiger partial charge is 0.416 e. The molecule has 0 aliphatic carbocycles. The number of anilines is 2. The molecule has 1 aliphatic heterocycles. The number of hydrogen-bond donors (Lipinski definition) is 1. The number of cyclic esters (lactones) is 1. The van der Waals surface area contributed by atoms with Crippen LogP contribution in [0.2, 0.25) is 0 Å². The van der Waals surface area contributed by atoms with Gasteiger partial charge >= 0.3 is 12.7 Å². The van der Waals surface area contributed by atoms with Crippen LogP contribution in [-0.4, -0.2) is 47.0 Å². The Hall–Kier alpha value is -3.01. The molecule has 32 heavy (non-hydrogen) atoms. The van der Waals surface area contributed by atoms with Crippen molar-refractivity contribution in [3.8, 4) is 5.75 Å². The third-order valence-electron chi connectivity index (χ3n) is 4.83. The Morgan fingerprint density at radius 3 is 2.50 bits per heavy atom. The first kappa shape index (κ1) is 23.6. The van der Waals surface area contributed by atoms with Gasteiger partial charge in [0.05, 0.1) is 17.7 Å². The van der Waals surface area contributed by atoms with Crippen molar-refractivity contribution in [1.82, 2.24) is 9.97 Å². The predicted octanol–water partition coefficient (Wildman–Crippen LogP) is 4.78. The number of carbonyl (C=O) groups is 1. The fourth-order valence-corrected chi connectivity index (χ4v) is 3.45. The molecule has 3 atom stereocenters. The predicted molar refractivity (Wildman–Crippen MR) is 115 cm³/mol. The molecule has 3 rings (SSSR count). The van der Waals surface area contributed by atoms with Crippen molar-refractivity contribution in [2.45, 2.75) is 65.0 Å². The maximum absolute atomic E-state index is 12.4. The van der Waals surface area contributed by atoms with Crippen LogP contribution in [0.4, 0.5) is 25.3 Å². The SMILES string of the molecule is C[C@H](Nc1nccc(N2C(=O)OCC2[C@@H](C)OC(C)(C)C)n1)c1ccc(OC(F)F)cc1. The third-order valence-corrected chi connectivity index (χ3v) is 4.83. The number of aromatic nitrogens is 2. The number of ether oxygens (including phenoxy) is 3. The number of amides is 1. The lowest BCUT2D eigenvalue weighted by Gasteiger charge is -2.31. The van der Waals surface area contributed by atoms with E-state index in [2.05, 4.69) is 20.0 Å². The molecule has 1 aromatic heterocycles. The first-order valence-electron chi connectivity index (χ1n) is 10.3. The Kier molecular flexibility index (Phi) is 7.12. The molecule has 0 bridgehead atoms. The van der Waals surface area contributed by atoms with Gasteiger partial charge in [0.2, 0.25) is 5.95 Å². The van der Waals surface area contributed by atoms with Crippen molar-refractivity contribution in [3.63, 3.8) is 0 Å². The molecule has 1 saturated heterocycles. The topological polar surface area (TPSA) is 85.8 Å². The summed E-state index contributed by atoms with van der Waals surface area (Å²) in [4.78, 5) is 22.6. The van der Waals surface area contributed by atoms with Crippen LogP contribution in [0.15, 0.2) is 36.5 Å². The van der Waals surface area contributed by atoms with Gasteiger partial charge in [-0.25, -0.2) is 9.78 Å². The summed E-state index contributed by atoms with van der Waals surface area (Å²) >= 11 is 0. The summed E-state index contributed by atoms with van der Waals surface area (Å²) in [6.45, 7) is 6.96. The molecule has 8 nitrogen and oxygen atoms in total. The number of nitrogens with one attached hydrogen (secondary N) is 1. The van der Waals surface area contributed by atoms with Gasteiger partial charge in [0, 0.05) is 6.20 Å². The fraction of sp³-hybridized carbons (Fsp3) is 0.500. The lowest BCUT2D eigenvalue weighted by molar-refractivity contribution is -0.0618. The largest absolute Gasteiger partial charge is 0.447 e. The van der Waals surface area contributed by atoms with Crippen molar-refractivity contribution >= 4 is 17.9 Å². The van der Waals surface area contributed by atoms with Crippen molar-refractivity contribution in [1.29, 1.82) is 0 Å². The zero-order valence-electron chi connectivity index (χ0n) is 18.7. The van der Waals surface area contributed by atoms with Crippen LogP contribution >= 0.6 is 0 Å². The summed E-state index contributed by atoms with van der Waals surface area (Å²) in [5.41, 5.74) is 0.451. The molecule has 10 heteroatoms. The monoisotopic (exact) mass is 450 g/mol. The van der Waals surface area contributed by atoms with Crippen LogP contribution in [0.1, 0.15) is 46.2 Å². The summed E-state index contributed by atoms with van der Waals surface area (Å²) < 4.78 is 40.3. The van der Waals surface area contributed by atoms with Crippen LogP contribution < -0.4 is 15.0 Å². The molecule has 1 N–H and O–H groups in total. The van der Waals surface area contributed by atoms with Crippen molar-refractivity contribution in [3.05, 3.63) is 42.1 Å². The molecule has 1 aromatic carbocycles. The first-order chi connectivity index (χ1) is 15.0. The van der Waals surface area contributed by atoms with E-state index in [0.29, 0.717) is 11.8 Å². The Morgan fingerprint density at radius 1 is 1.19 bits per heavy atom. The number of halogens is 2. The number of nitrogens with zero attached hydrogens (tertiary/aromatic N) is 3. The minimum absolute atomic E-state index is 0.0828. The van der Waals surface area contributed by atoms with Crippen LogP contribution in [0.5, 0.6) is 5.75 Å². The van der Waals surface area contributed by atoms with E-state index >= 15 is 0 Å². The Bertz CT molecular complexity index is 921. The molecule has 0 saturated carbocycles. The second-order valence-electron chi connectivity index (χ2n) is 8.50. The lowest BCUT2D eigenvalue weighted by atomic mass is 10.1. The number of hydrogen-bond acceptors (Lipinski definition) is 7.